The molecule has 0 saturated heterocycles. The zero-order chi connectivity index (χ0) is 23.2. The summed E-state index contributed by atoms with van der Waals surface area (Å²) in [6, 6.07) is 22.1. The molecule has 4 aromatic rings. The van der Waals surface area contributed by atoms with Gasteiger partial charge in [0.1, 0.15) is 17.1 Å². The molecular weight excluding hydrogens is 408 g/mol. The van der Waals surface area contributed by atoms with Crippen molar-refractivity contribution >= 4 is 39.1 Å². The van der Waals surface area contributed by atoms with Crippen LogP contribution in [0, 0.1) is 0 Å². The van der Waals surface area contributed by atoms with Crippen LogP contribution in [-0.2, 0) is 6.42 Å². The van der Waals surface area contributed by atoms with E-state index in [9.17, 15) is 10.2 Å². The molecule has 0 fully saturated rings. The maximum absolute atomic E-state index is 11.2. The summed E-state index contributed by atoms with van der Waals surface area (Å²) in [5, 5.41) is 26.0. The fourth-order valence-corrected chi connectivity index (χ4v) is 4.41. The first-order valence-corrected chi connectivity index (χ1v) is 11.8. The van der Waals surface area contributed by atoms with Crippen molar-refractivity contribution < 1.29 is 10.2 Å². The third-order valence-electron chi connectivity index (χ3n) is 6.25. The van der Waals surface area contributed by atoms with Gasteiger partial charge >= 0.3 is 0 Å². The van der Waals surface area contributed by atoms with Crippen LogP contribution in [0.15, 0.2) is 71.7 Å². The molecule has 0 bridgehead atoms. The third kappa shape index (κ3) is 4.80. The van der Waals surface area contributed by atoms with Crippen LogP contribution < -0.4 is 4.90 Å². The van der Waals surface area contributed by atoms with Crippen LogP contribution >= 0.6 is 0 Å². The number of aromatic hydroxyl groups is 2. The van der Waals surface area contributed by atoms with E-state index in [0.717, 1.165) is 32.1 Å². The smallest absolute Gasteiger partial charge is 0.151 e. The van der Waals surface area contributed by atoms with Crippen molar-refractivity contribution in [2.75, 3.05) is 18.5 Å². The molecule has 0 spiro atoms. The molecule has 4 aromatic carbocycles. The number of likely N-dealkylation sites (N-methyl/N-ethyl adjacent to an activating group) is 1. The molecule has 2 N–H and O–H groups in total. The highest BCUT2D eigenvalue weighted by molar-refractivity contribution is 6.04. The summed E-state index contributed by atoms with van der Waals surface area (Å²) < 4.78 is 0. The number of phenolic OH excluding ortho intramolecular Hbond substituents is 2. The van der Waals surface area contributed by atoms with Crippen molar-refractivity contribution in [1.82, 2.24) is 0 Å². The average molecular weight is 441 g/mol. The third-order valence-corrected chi connectivity index (χ3v) is 6.25. The molecule has 0 unspecified atom stereocenters. The van der Waals surface area contributed by atoms with E-state index in [1.165, 1.54) is 16.3 Å². The topological polar surface area (TPSA) is 56.1 Å². The van der Waals surface area contributed by atoms with Gasteiger partial charge in [-0.15, -0.1) is 0 Å². The van der Waals surface area contributed by atoms with Crippen LogP contribution in [0.25, 0.3) is 21.5 Å². The fourth-order valence-electron chi connectivity index (χ4n) is 4.41. The summed E-state index contributed by atoms with van der Waals surface area (Å²) in [4.78, 5) is 6.64. The highest BCUT2D eigenvalue weighted by Gasteiger charge is 2.21. The Kier molecular flexibility index (Phi) is 7.13. The monoisotopic (exact) mass is 440 g/mol. The lowest BCUT2D eigenvalue weighted by Crippen LogP contribution is -2.20. The lowest BCUT2D eigenvalue weighted by Gasteiger charge is -2.24. The molecule has 0 saturated carbocycles. The van der Waals surface area contributed by atoms with Gasteiger partial charge in [0.05, 0.1) is 0 Å². The van der Waals surface area contributed by atoms with Gasteiger partial charge in [-0.3, -0.25) is 4.99 Å². The minimum atomic E-state index is 0.113. The number of nitrogens with zero attached hydrogens (tertiary/aromatic N) is 2. The van der Waals surface area contributed by atoms with Gasteiger partial charge in [0.25, 0.3) is 0 Å². The van der Waals surface area contributed by atoms with Gasteiger partial charge in [0.15, 0.2) is 5.75 Å². The van der Waals surface area contributed by atoms with Gasteiger partial charge in [-0.25, -0.2) is 0 Å². The number of phenols is 2. The van der Waals surface area contributed by atoms with Crippen molar-refractivity contribution in [3.05, 3.63) is 72.3 Å². The minimum absolute atomic E-state index is 0.113. The van der Waals surface area contributed by atoms with E-state index >= 15 is 0 Å². The molecule has 0 atom stereocenters. The molecule has 0 heterocycles. The highest BCUT2D eigenvalue weighted by Crippen LogP contribution is 2.49. The van der Waals surface area contributed by atoms with E-state index in [0.29, 0.717) is 28.7 Å². The van der Waals surface area contributed by atoms with Crippen LogP contribution in [0.2, 0.25) is 0 Å². The molecule has 4 rings (SSSR count). The maximum atomic E-state index is 11.2. The van der Waals surface area contributed by atoms with E-state index in [-0.39, 0.29) is 11.5 Å². The summed E-state index contributed by atoms with van der Waals surface area (Å²) in [6.45, 7) is 2.85. The molecule has 0 aliphatic rings. The fraction of sp³-hybridized carbons (Fsp3) is 0.276. The van der Waals surface area contributed by atoms with Crippen LogP contribution in [0.1, 0.15) is 38.2 Å². The summed E-state index contributed by atoms with van der Waals surface area (Å²) in [7, 11) is 1.95. The second-order valence-corrected chi connectivity index (χ2v) is 8.56. The number of hydrogen-bond donors (Lipinski definition) is 2. The number of rotatable bonds is 9. The van der Waals surface area contributed by atoms with E-state index in [4.69, 9.17) is 0 Å². The van der Waals surface area contributed by atoms with E-state index in [1.54, 1.807) is 0 Å². The van der Waals surface area contributed by atoms with E-state index in [2.05, 4.69) is 54.4 Å². The second-order valence-electron chi connectivity index (χ2n) is 8.56. The number of fused-ring (bicyclic) bond motifs is 2. The number of benzene rings is 4. The zero-order valence-corrected chi connectivity index (χ0v) is 19.5. The van der Waals surface area contributed by atoms with Crippen LogP contribution in [-0.4, -0.2) is 30.0 Å². The van der Waals surface area contributed by atoms with Crippen LogP contribution in [0.3, 0.4) is 0 Å². The Labute approximate surface area is 195 Å². The standard InChI is InChI=1S/C29H32N2O2/c1-3-4-5-10-19-30-26-27(29(33)25-17-9-8-16-24(25)28(26)32)31(2)20-18-22-14-11-13-21-12-6-7-15-23(21)22/h6-9,11-17,19,32-33H,3-5,10,18,20H2,1-2H3. The second kappa shape index (κ2) is 10.4. The van der Waals surface area contributed by atoms with Crippen molar-refractivity contribution in [2.45, 2.75) is 39.0 Å². The lowest BCUT2D eigenvalue weighted by molar-refractivity contribution is 0.470. The lowest BCUT2D eigenvalue weighted by atomic mass is 10.0. The molecule has 0 amide bonds. The average Bonchev–Trinajstić information content (AvgIpc) is 2.85. The Hall–Kier alpha value is -3.53. The van der Waals surface area contributed by atoms with Crippen LogP contribution in [0.5, 0.6) is 11.5 Å². The van der Waals surface area contributed by atoms with E-state index < -0.39 is 0 Å². The molecule has 4 heteroatoms. The van der Waals surface area contributed by atoms with Crippen molar-refractivity contribution in [2.24, 2.45) is 4.99 Å². The maximum Gasteiger partial charge on any atom is 0.151 e. The summed E-state index contributed by atoms with van der Waals surface area (Å²) in [5.41, 5.74) is 2.26. The first kappa shape index (κ1) is 22.7. The normalized spacial score (nSPS) is 11.6. The molecule has 4 nitrogen and oxygen atoms in total. The number of unbranched alkanes of at least 4 members (excludes halogenated alkanes) is 3. The van der Waals surface area contributed by atoms with Gasteiger partial charge in [-0.05, 0) is 35.6 Å². The Bertz CT molecular complexity index is 1270. The SMILES string of the molecule is CCCCCC=Nc1c(N(C)CCc2cccc3ccccc23)c(O)c2ccccc2c1O. The first-order chi connectivity index (χ1) is 16.1. The summed E-state index contributed by atoms with van der Waals surface area (Å²) in [6.07, 6.45) is 6.88. The number of aliphatic imine (C=N–C) groups is 1. The highest BCUT2D eigenvalue weighted by atomic mass is 16.3. The largest absolute Gasteiger partial charge is 0.505 e. The Morgan fingerprint density at radius 2 is 1.48 bits per heavy atom. The molecule has 0 aromatic heterocycles. The van der Waals surface area contributed by atoms with Gasteiger partial charge in [-0.2, -0.15) is 0 Å². The molecule has 170 valence electrons. The van der Waals surface area contributed by atoms with Gasteiger partial charge in [0.2, 0.25) is 0 Å². The molecular formula is C29H32N2O2. The first-order valence-electron chi connectivity index (χ1n) is 11.8. The molecule has 33 heavy (non-hydrogen) atoms. The summed E-state index contributed by atoms with van der Waals surface area (Å²) >= 11 is 0. The quantitative estimate of drug-likeness (QED) is 0.162. The zero-order valence-electron chi connectivity index (χ0n) is 19.5. The van der Waals surface area contributed by atoms with Crippen molar-refractivity contribution in [3.63, 3.8) is 0 Å². The Morgan fingerprint density at radius 1 is 0.818 bits per heavy atom. The van der Waals surface area contributed by atoms with Gasteiger partial charge in [0, 0.05) is 30.6 Å². The minimum Gasteiger partial charge on any atom is -0.505 e. The predicted molar refractivity (Wildman–Crippen MR) is 140 cm³/mol. The molecule has 0 aliphatic carbocycles. The molecule has 0 aliphatic heterocycles. The van der Waals surface area contributed by atoms with Gasteiger partial charge < -0.3 is 15.1 Å². The number of hydrogen-bond acceptors (Lipinski definition) is 4. The number of anilines is 1. The van der Waals surface area contributed by atoms with Crippen LogP contribution in [0.4, 0.5) is 11.4 Å². The Morgan fingerprint density at radius 3 is 2.24 bits per heavy atom. The summed E-state index contributed by atoms with van der Waals surface area (Å²) in [5.74, 6) is 0.270. The van der Waals surface area contributed by atoms with Gasteiger partial charge in [-0.1, -0.05) is 86.5 Å². The van der Waals surface area contributed by atoms with E-state index in [1.807, 2.05) is 42.4 Å². The predicted octanol–water partition coefficient (Wildman–Crippen LogP) is 7.37. The Balaban J connectivity index is 1.68. The molecule has 0 radical (unpaired) electrons. The van der Waals surface area contributed by atoms with Crippen molar-refractivity contribution in [3.8, 4) is 11.5 Å². The van der Waals surface area contributed by atoms with Crippen molar-refractivity contribution in [1.29, 1.82) is 0 Å².